The number of hydrogen-bond donors (Lipinski definition) is 1. The SMILES string of the molecule is CCCCOCCCNC1CCCC(OC)C1. The summed E-state index contributed by atoms with van der Waals surface area (Å²) in [6.07, 6.45) is 9.01. The van der Waals surface area contributed by atoms with E-state index in [0.29, 0.717) is 12.1 Å². The molecular formula is C14H29NO2. The predicted molar refractivity (Wildman–Crippen MR) is 71.4 cm³/mol. The molecule has 2 atom stereocenters. The van der Waals surface area contributed by atoms with Crippen molar-refractivity contribution >= 4 is 0 Å². The van der Waals surface area contributed by atoms with E-state index in [-0.39, 0.29) is 0 Å². The minimum Gasteiger partial charge on any atom is -0.381 e. The maximum Gasteiger partial charge on any atom is 0.0586 e. The third kappa shape index (κ3) is 7.02. The molecule has 1 aliphatic rings. The molecule has 0 radical (unpaired) electrons. The van der Waals surface area contributed by atoms with Crippen molar-refractivity contribution in [1.82, 2.24) is 5.32 Å². The molecule has 0 aromatic heterocycles. The lowest BCUT2D eigenvalue weighted by Crippen LogP contribution is -2.37. The molecule has 0 heterocycles. The quantitative estimate of drug-likeness (QED) is 0.632. The summed E-state index contributed by atoms with van der Waals surface area (Å²) in [5.74, 6) is 0. The lowest BCUT2D eigenvalue weighted by atomic mass is 9.93. The standard InChI is InChI=1S/C14H29NO2/c1-3-4-10-17-11-6-9-15-13-7-5-8-14(12-13)16-2/h13-15H,3-12H2,1-2H3. The normalized spacial score (nSPS) is 25.1. The van der Waals surface area contributed by atoms with E-state index in [1.54, 1.807) is 0 Å². The first-order chi connectivity index (χ1) is 8.36. The van der Waals surface area contributed by atoms with Gasteiger partial charge in [-0.05, 0) is 45.1 Å². The summed E-state index contributed by atoms with van der Waals surface area (Å²) in [5, 5.41) is 3.62. The summed E-state index contributed by atoms with van der Waals surface area (Å²) >= 11 is 0. The van der Waals surface area contributed by atoms with Gasteiger partial charge in [0.05, 0.1) is 6.10 Å². The van der Waals surface area contributed by atoms with Crippen LogP contribution in [-0.4, -0.2) is 39.0 Å². The molecule has 0 spiro atoms. The van der Waals surface area contributed by atoms with Crippen LogP contribution in [0.5, 0.6) is 0 Å². The fraction of sp³-hybridized carbons (Fsp3) is 1.00. The zero-order valence-electron chi connectivity index (χ0n) is 11.5. The number of rotatable bonds is 9. The molecule has 1 N–H and O–H groups in total. The Balaban J connectivity index is 1.91. The van der Waals surface area contributed by atoms with Gasteiger partial charge in [-0.25, -0.2) is 0 Å². The van der Waals surface area contributed by atoms with Gasteiger partial charge in [-0.15, -0.1) is 0 Å². The van der Waals surface area contributed by atoms with E-state index >= 15 is 0 Å². The molecule has 1 rings (SSSR count). The van der Waals surface area contributed by atoms with Crippen molar-refractivity contribution < 1.29 is 9.47 Å². The number of nitrogens with one attached hydrogen (secondary N) is 1. The minimum absolute atomic E-state index is 0.474. The van der Waals surface area contributed by atoms with Crippen molar-refractivity contribution in [2.75, 3.05) is 26.9 Å². The van der Waals surface area contributed by atoms with Gasteiger partial charge in [-0.2, -0.15) is 0 Å². The van der Waals surface area contributed by atoms with Gasteiger partial charge >= 0.3 is 0 Å². The first-order valence-electron chi connectivity index (χ1n) is 7.20. The average Bonchev–Trinajstić information content (AvgIpc) is 2.38. The number of ether oxygens (including phenoxy) is 2. The van der Waals surface area contributed by atoms with Gasteiger partial charge in [0.1, 0.15) is 0 Å². The van der Waals surface area contributed by atoms with Gasteiger partial charge in [0.25, 0.3) is 0 Å². The van der Waals surface area contributed by atoms with Crippen LogP contribution in [0.1, 0.15) is 51.9 Å². The second-order valence-electron chi connectivity index (χ2n) is 4.99. The Morgan fingerprint density at radius 1 is 1.18 bits per heavy atom. The Kier molecular flexibility index (Phi) is 8.67. The molecular weight excluding hydrogens is 214 g/mol. The number of unbranched alkanes of at least 4 members (excludes halogenated alkanes) is 1. The summed E-state index contributed by atoms with van der Waals surface area (Å²) in [5.41, 5.74) is 0. The predicted octanol–water partition coefficient (Wildman–Crippen LogP) is 2.74. The van der Waals surface area contributed by atoms with Gasteiger partial charge < -0.3 is 14.8 Å². The highest BCUT2D eigenvalue weighted by Crippen LogP contribution is 2.20. The topological polar surface area (TPSA) is 30.5 Å². The van der Waals surface area contributed by atoms with Gasteiger partial charge in [-0.3, -0.25) is 0 Å². The molecule has 1 fully saturated rings. The molecule has 2 unspecified atom stereocenters. The van der Waals surface area contributed by atoms with Crippen molar-refractivity contribution in [3.63, 3.8) is 0 Å². The Morgan fingerprint density at radius 2 is 2.00 bits per heavy atom. The fourth-order valence-corrected chi connectivity index (χ4v) is 2.37. The molecule has 0 aromatic carbocycles. The third-order valence-electron chi connectivity index (χ3n) is 3.50. The highest BCUT2D eigenvalue weighted by atomic mass is 16.5. The highest BCUT2D eigenvalue weighted by molar-refractivity contribution is 4.77. The molecule has 0 saturated heterocycles. The van der Waals surface area contributed by atoms with Crippen LogP contribution in [0.2, 0.25) is 0 Å². The van der Waals surface area contributed by atoms with Crippen LogP contribution in [-0.2, 0) is 9.47 Å². The molecule has 0 aliphatic heterocycles. The van der Waals surface area contributed by atoms with E-state index in [9.17, 15) is 0 Å². The molecule has 3 heteroatoms. The second kappa shape index (κ2) is 9.86. The van der Waals surface area contributed by atoms with Gasteiger partial charge in [0.2, 0.25) is 0 Å². The summed E-state index contributed by atoms with van der Waals surface area (Å²) in [4.78, 5) is 0. The summed E-state index contributed by atoms with van der Waals surface area (Å²) in [6, 6.07) is 0.657. The van der Waals surface area contributed by atoms with Gasteiger partial charge in [0.15, 0.2) is 0 Å². The molecule has 17 heavy (non-hydrogen) atoms. The Labute approximate surface area is 106 Å². The monoisotopic (exact) mass is 243 g/mol. The maximum absolute atomic E-state index is 5.54. The molecule has 3 nitrogen and oxygen atoms in total. The first kappa shape index (κ1) is 14.9. The summed E-state index contributed by atoms with van der Waals surface area (Å²) in [6.45, 7) is 5.09. The Morgan fingerprint density at radius 3 is 2.76 bits per heavy atom. The summed E-state index contributed by atoms with van der Waals surface area (Å²) in [7, 11) is 1.83. The molecule has 1 saturated carbocycles. The highest BCUT2D eigenvalue weighted by Gasteiger charge is 2.20. The summed E-state index contributed by atoms with van der Waals surface area (Å²) < 4.78 is 11.0. The van der Waals surface area contributed by atoms with Crippen LogP contribution >= 0.6 is 0 Å². The van der Waals surface area contributed by atoms with E-state index in [4.69, 9.17) is 9.47 Å². The van der Waals surface area contributed by atoms with Crippen LogP contribution < -0.4 is 5.32 Å². The zero-order chi connectivity index (χ0) is 12.3. The molecule has 0 amide bonds. The van der Waals surface area contributed by atoms with E-state index in [0.717, 1.165) is 26.2 Å². The first-order valence-corrected chi connectivity index (χ1v) is 7.20. The molecule has 1 aliphatic carbocycles. The van der Waals surface area contributed by atoms with Crippen molar-refractivity contribution in [3.05, 3.63) is 0 Å². The van der Waals surface area contributed by atoms with Crippen molar-refractivity contribution in [1.29, 1.82) is 0 Å². The maximum atomic E-state index is 5.54. The number of hydrogen-bond acceptors (Lipinski definition) is 3. The van der Waals surface area contributed by atoms with Crippen LogP contribution in [0.15, 0.2) is 0 Å². The van der Waals surface area contributed by atoms with Crippen LogP contribution in [0.3, 0.4) is 0 Å². The molecule has 102 valence electrons. The number of methoxy groups -OCH3 is 1. The second-order valence-corrected chi connectivity index (χ2v) is 4.99. The van der Waals surface area contributed by atoms with Crippen molar-refractivity contribution in [3.8, 4) is 0 Å². The van der Waals surface area contributed by atoms with Crippen molar-refractivity contribution in [2.45, 2.75) is 64.0 Å². The zero-order valence-corrected chi connectivity index (χ0v) is 11.5. The molecule has 0 bridgehead atoms. The lowest BCUT2D eigenvalue weighted by Gasteiger charge is -2.28. The third-order valence-corrected chi connectivity index (χ3v) is 3.50. The van der Waals surface area contributed by atoms with E-state index in [1.165, 1.54) is 38.5 Å². The average molecular weight is 243 g/mol. The Hall–Kier alpha value is -0.120. The van der Waals surface area contributed by atoms with E-state index in [2.05, 4.69) is 12.2 Å². The minimum atomic E-state index is 0.474. The van der Waals surface area contributed by atoms with Gasteiger partial charge in [-0.1, -0.05) is 13.3 Å². The van der Waals surface area contributed by atoms with E-state index in [1.807, 2.05) is 7.11 Å². The lowest BCUT2D eigenvalue weighted by molar-refractivity contribution is 0.0582. The fourth-order valence-electron chi connectivity index (χ4n) is 2.37. The van der Waals surface area contributed by atoms with Gasteiger partial charge in [0, 0.05) is 26.4 Å². The van der Waals surface area contributed by atoms with Crippen LogP contribution in [0, 0.1) is 0 Å². The van der Waals surface area contributed by atoms with Crippen LogP contribution in [0.4, 0.5) is 0 Å². The van der Waals surface area contributed by atoms with Crippen LogP contribution in [0.25, 0.3) is 0 Å². The smallest absolute Gasteiger partial charge is 0.0586 e. The Bertz CT molecular complexity index is 176. The molecule has 0 aromatic rings. The largest absolute Gasteiger partial charge is 0.381 e. The van der Waals surface area contributed by atoms with E-state index < -0.39 is 0 Å². The van der Waals surface area contributed by atoms with Crippen molar-refractivity contribution in [2.24, 2.45) is 0 Å².